The number of nitrogens with one attached hydrogen (secondary N) is 2. The number of hydrogen-bond donors (Lipinski definition) is 2. The Balaban J connectivity index is 2.13. The maximum Gasteiger partial charge on any atom is 0.270 e. The van der Waals surface area contributed by atoms with Crippen LogP contribution in [0.4, 0.5) is 11.8 Å². The second kappa shape index (κ2) is 5.47. The molecule has 0 radical (unpaired) electrons. The standard InChI is InChI=1S/C12H15N5O2/c1-7(2)14-11(18)9-4-5-13-12(15-9)16-10-6-8(3)19-17-10/h4-7H,1-3H3,(H,14,18)(H,13,15,16,17). The van der Waals surface area contributed by atoms with Gasteiger partial charge in [0.25, 0.3) is 5.91 Å². The first-order valence-corrected chi connectivity index (χ1v) is 5.89. The normalized spacial score (nSPS) is 10.5. The van der Waals surface area contributed by atoms with Crippen molar-refractivity contribution < 1.29 is 9.32 Å². The minimum atomic E-state index is -0.239. The van der Waals surface area contributed by atoms with Gasteiger partial charge in [-0.2, -0.15) is 0 Å². The third-order valence-corrected chi connectivity index (χ3v) is 2.18. The Labute approximate surface area is 110 Å². The Kier molecular flexibility index (Phi) is 3.74. The average Bonchev–Trinajstić information content (AvgIpc) is 2.74. The zero-order valence-corrected chi connectivity index (χ0v) is 11.0. The molecule has 7 nitrogen and oxygen atoms in total. The monoisotopic (exact) mass is 261 g/mol. The van der Waals surface area contributed by atoms with Crippen LogP contribution in [0.15, 0.2) is 22.9 Å². The number of carbonyl (C=O) groups is 1. The highest BCUT2D eigenvalue weighted by Crippen LogP contribution is 2.12. The van der Waals surface area contributed by atoms with E-state index >= 15 is 0 Å². The van der Waals surface area contributed by atoms with Crippen molar-refractivity contribution in [1.82, 2.24) is 20.4 Å². The van der Waals surface area contributed by atoms with Gasteiger partial charge in [0, 0.05) is 18.3 Å². The molecule has 0 bridgehead atoms. The molecule has 0 aliphatic heterocycles. The molecule has 0 aliphatic carbocycles. The van der Waals surface area contributed by atoms with Crippen LogP contribution in [-0.4, -0.2) is 27.1 Å². The molecule has 0 saturated heterocycles. The highest BCUT2D eigenvalue weighted by Gasteiger charge is 2.10. The van der Waals surface area contributed by atoms with Crippen molar-refractivity contribution in [3.05, 3.63) is 29.8 Å². The molecular weight excluding hydrogens is 246 g/mol. The Morgan fingerprint density at radius 2 is 2.21 bits per heavy atom. The quantitative estimate of drug-likeness (QED) is 0.869. The van der Waals surface area contributed by atoms with Crippen molar-refractivity contribution in [3.8, 4) is 0 Å². The lowest BCUT2D eigenvalue weighted by Crippen LogP contribution is -2.30. The van der Waals surface area contributed by atoms with Gasteiger partial charge in [-0.25, -0.2) is 9.97 Å². The van der Waals surface area contributed by atoms with Gasteiger partial charge in [-0.1, -0.05) is 5.16 Å². The van der Waals surface area contributed by atoms with Crippen molar-refractivity contribution in [2.24, 2.45) is 0 Å². The number of amides is 1. The molecular formula is C12H15N5O2. The van der Waals surface area contributed by atoms with E-state index < -0.39 is 0 Å². The summed E-state index contributed by atoms with van der Waals surface area (Å²) in [6, 6.07) is 3.32. The third-order valence-electron chi connectivity index (χ3n) is 2.18. The Bertz CT molecular complexity index is 579. The first kappa shape index (κ1) is 13.0. The van der Waals surface area contributed by atoms with Crippen molar-refractivity contribution in [2.75, 3.05) is 5.32 Å². The molecule has 2 rings (SSSR count). The minimum absolute atomic E-state index is 0.0528. The molecule has 0 unspecified atom stereocenters. The van der Waals surface area contributed by atoms with Crippen LogP contribution < -0.4 is 10.6 Å². The number of anilines is 2. The maximum absolute atomic E-state index is 11.8. The van der Waals surface area contributed by atoms with Gasteiger partial charge in [0.05, 0.1) is 0 Å². The summed E-state index contributed by atoms with van der Waals surface area (Å²) in [7, 11) is 0. The first-order chi connectivity index (χ1) is 9.04. The molecule has 2 heterocycles. The van der Waals surface area contributed by atoms with Crippen LogP contribution in [0.1, 0.15) is 30.1 Å². The van der Waals surface area contributed by atoms with Crippen molar-refractivity contribution in [1.29, 1.82) is 0 Å². The summed E-state index contributed by atoms with van der Waals surface area (Å²) in [5.41, 5.74) is 0.298. The smallest absolute Gasteiger partial charge is 0.270 e. The maximum atomic E-state index is 11.8. The van der Waals surface area contributed by atoms with Crippen molar-refractivity contribution in [3.63, 3.8) is 0 Å². The zero-order valence-electron chi connectivity index (χ0n) is 11.0. The summed E-state index contributed by atoms with van der Waals surface area (Å²) in [4.78, 5) is 19.9. The van der Waals surface area contributed by atoms with Gasteiger partial charge in [-0.15, -0.1) is 0 Å². The molecule has 0 aliphatic rings. The SMILES string of the molecule is Cc1cc(Nc2nccc(C(=O)NC(C)C)n2)no1. The minimum Gasteiger partial charge on any atom is -0.360 e. The molecule has 19 heavy (non-hydrogen) atoms. The van der Waals surface area contributed by atoms with E-state index in [1.807, 2.05) is 13.8 Å². The van der Waals surface area contributed by atoms with E-state index in [9.17, 15) is 4.79 Å². The van der Waals surface area contributed by atoms with Gasteiger partial charge < -0.3 is 15.2 Å². The zero-order chi connectivity index (χ0) is 13.8. The van der Waals surface area contributed by atoms with Gasteiger partial charge >= 0.3 is 0 Å². The number of carbonyl (C=O) groups excluding carboxylic acids is 1. The number of hydrogen-bond acceptors (Lipinski definition) is 6. The third kappa shape index (κ3) is 3.51. The lowest BCUT2D eigenvalue weighted by molar-refractivity contribution is 0.0938. The van der Waals surface area contributed by atoms with Gasteiger partial charge in [0.1, 0.15) is 11.5 Å². The second-order valence-electron chi connectivity index (χ2n) is 4.34. The topological polar surface area (TPSA) is 92.9 Å². The van der Waals surface area contributed by atoms with E-state index in [1.165, 1.54) is 6.20 Å². The van der Waals surface area contributed by atoms with Crippen molar-refractivity contribution >= 4 is 17.7 Å². The molecule has 100 valence electrons. The highest BCUT2D eigenvalue weighted by molar-refractivity contribution is 5.92. The molecule has 0 fully saturated rings. The van der Waals surface area contributed by atoms with Crippen LogP contribution in [0.3, 0.4) is 0 Å². The predicted molar refractivity (Wildman–Crippen MR) is 69.2 cm³/mol. The van der Waals surface area contributed by atoms with E-state index in [0.717, 1.165) is 0 Å². The summed E-state index contributed by atoms with van der Waals surface area (Å²) in [5, 5.41) is 9.40. The van der Waals surface area contributed by atoms with Gasteiger partial charge in [0.2, 0.25) is 5.95 Å². The average molecular weight is 261 g/mol. The molecule has 2 aromatic heterocycles. The van der Waals surface area contributed by atoms with E-state index in [4.69, 9.17) is 4.52 Å². The summed E-state index contributed by atoms with van der Waals surface area (Å²) >= 11 is 0. The second-order valence-corrected chi connectivity index (χ2v) is 4.34. The summed E-state index contributed by atoms with van der Waals surface area (Å²) in [6.07, 6.45) is 1.51. The van der Waals surface area contributed by atoms with Crippen LogP contribution >= 0.6 is 0 Å². The molecule has 2 N–H and O–H groups in total. The van der Waals surface area contributed by atoms with Crippen LogP contribution in [0, 0.1) is 6.92 Å². The van der Waals surface area contributed by atoms with Crippen LogP contribution in [0.25, 0.3) is 0 Å². The predicted octanol–water partition coefficient (Wildman–Crippen LogP) is 1.65. The van der Waals surface area contributed by atoms with Crippen molar-refractivity contribution in [2.45, 2.75) is 26.8 Å². The Morgan fingerprint density at radius 3 is 2.84 bits per heavy atom. The lowest BCUT2D eigenvalue weighted by Gasteiger charge is -2.08. The summed E-state index contributed by atoms with van der Waals surface area (Å²) in [5.74, 6) is 1.23. The Hall–Kier alpha value is -2.44. The summed E-state index contributed by atoms with van der Waals surface area (Å²) < 4.78 is 4.92. The van der Waals surface area contributed by atoms with Crippen LogP contribution in [0.5, 0.6) is 0 Å². The molecule has 0 aromatic carbocycles. The van der Waals surface area contributed by atoms with E-state index in [-0.39, 0.29) is 11.9 Å². The van der Waals surface area contributed by atoms with E-state index in [0.29, 0.717) is 23.2 Å². The molecule has 7 heteroatoms. The first-order valence-electron chi connectivity index (χ1n) is 5.89. The largest absolute Gasteiger partial charge is 0.360 e. The van der Waals surface area contributed by atoms with Gasteiger partial charge in [-0.3, -0.25) is 4.79 Å². The number of nitrogens with zero attached hydrogens (tertiary/aromatic N) is 3. The van der Waals surface area contributed by atoms with E-state index in [1.54, 1.807) is 19.1 Å². The van der Waals surface area contributed by atoms with Gasteiger partial charge in [-0.05, 0) is 26.8 Å². The fraction of sp³-hybridized carbons (Fsp3) is 0.333. The number of rotatable bonds is 4. The molecule has 0 spiro atoms. The Morgan fingerprint density at radius 1 is 1.42 bits per heavy atom. The fourth-order valence-corrected chi connectivity index (χ4v) is 1.42. The van der Waals surface area contributed by atoms with Crippen LogP contribution in [0.2, 0.25) is 0 Å². The number of aryl methyl sites for hydroxylation is 1. The fourth-order valence-electron chi connectivity index (χ4n) is 1.42. The molecule has 0 atom stereocenters. The summed E-state index contributed by atoms with van der Waals surface area (Å²) in [6.45, 7) is 5.55. The number of aromatic nitrogens is 3. The molecule has 0 saturated carbocycles. The molecule has 2 aromatic rings. The van der Waals surface area contributed by atoms with Crippen LogP contribution in [-0.2, 0) is 0 Å². The van der Waals surface area contributed by atoms with Gasteiger partial charge in [0.15, 0.2) is 5.82 Å². The van der Waals surface area contributed by atoms with E-state index in [2.05, 4.69) is 25.8 Å². The highest BCUT2D eigenvalue weighted by atomic mass is 16.5. The molecule has 1 amide bonds. The lowest BCUT2D eigenvalue weighted by atomic mass is 10.3.